The van der Waals surface area contributed by atoms with E-state index in [2.05, 4.69) is 4.90 Å². The van der Waals surface area contributed by atoms with Crippen molar-refractivity contribution in [2.45, 2.75) is 50.0 Å². The lowest BCUT2D eigenvalue weighted by atomic mass is 9.75. The van der Waals surface area contributed by atoms with Gasteiger partial charge in [-0.3, -0.25) is 4.90 Å². The van der Waals surface area contributed by atoms with Crippen molar-refractivity contribution < 1.29 is 14.9 Å². The van der Waals surface area contributed by atoms with Crippen molar-refractivity contribution in [3.8, 4) is 0 Å². The second kappa shape index (κ2) is 6.10. The highest BCUT2D eigenvalue weighted by Gasteiger charge is 2.52. The highest BCUT2D eigenvalue weighted by molar-refractivity contribution is 6.30. The Bertz CT molecular complexity index is 509. The minimum absolute atomic E-state index is 0.490. The molecule has 0 aromatic heterocycles. The van der Waals surface area contributed by atoms with Crippen LogP contribution in [0.25, 0.3) is 0 Å². The van der Waals surface area contributed by atoms with Crippen LogP contribution in [-0.4, -0.2) is 52.1 Å². The largest absolute Gasteiger partial charge is 0.387 e. The molecule has 0 aliphatic carbocycles. The molecule has 0 bridgehead atoms. The monoisotopic (exact) mass is 325 g/mol. The third-order valence-electron chi connectivity index (χ3n) is 5.11. The molecule has 2 aliphatic heterocycles. The van der Waals surface area contributed by atoms with Crippen LogP contribution in [0.15, 0.2) is 24.3 Å². The van der Waals surface area contributed by atoms with Crippen LogP contribution in [0, 0.1) is 0 Å². The Morgan fingerprint density at radius 2 is 1.86 bits per heavy atom. The molecule has 1 spiro atoms. The van der Waals surface area contributed by atoms with Gasteiger partial charge in [0.2, 0.25) is 0 Å². The number of benzene rings is 1. The number of aliphatic hydroxyl groups excluding tert-OH is 1. The Balaban J connectivity index is 1.61. The van der Waals surface area contributed by atoms with Crippen molar-refractivity contribution in [3.05, 3.63) is 34.9 Å². The van der Waals surface area contributed by atoms with Gasteiger partial charge >= 0.3 is 0 Å². The molecule has 22 heavy (non-hydrogen) atoms. The van der Waals surface area contributed by atoms with E-state index in [0.29, 0.717) is 13.0 Å². The smallest absolute Gasteiger partial charge is 0.111 e. The summed E-state index contributed by atoms with van der Waals surface area (Å²) >= 11 is 5.91. The average molecular weight is 326 g/mol. The molecule has 3 rings (SSSR count). The number of piperidine rings is 1. The van der Waals surface area contributed by atoms with Crippen molar-refractivity contribution in [1.29, 1.82) is 0 Å². The normalized spacial score (nSPS) is 32.3. The predicted molar refractivity (Wildman–Crippen MR) is 85.9 cm³/mol. The van der Waals surface area contributed by atoms with E-state index >= 15 is 0 Å². The first-order valence-electron chi connectivity index (χ1n) is 7.93. The first kappa shape index (κ1) is 16.2. The molecule has 1 aromatic carbocycles. The van der Waals surface area contributed by atoms with Crippen LogP contribution in [0.1, 0.15) is 31.7 Å². The Morgan fingerprint density at radius 3 is 2.50 bits per heavy atom. The second-order valence-electron chi connectivity index (χ2n) is 6.83. The van der Waals surface area contributed by atoms with E-state index in [9.17, 15) is 10.2 Å². The maximum Gasteiger partial charge on any atom is 0.111 e. The maximum absolute atomic E-state index is 10.5. The fraction of sp³-hybridized carbons (Fsp3) is 0.647. The number of likely N-dealkylation sites (tertiary alicyclic amines) is 1. The Morgan fingerprint density at radius 1 is 1.23 bits per heavy atom. The molecule has 5 heteroatoms. The van der Waals surface area contributed by atoms with Crippen molar-refractivity contribution in [3.63, 3.8) is 0 Å². The highest BCUT2D eigenvalue weighted by atomic mass is 35.5. The number of rotatable bonds is 2. The summed E-state index contributed by atoms with van der Waals surface area (Å²) in [5.74, 6) is 0. The fourth-order valence-electron chi connectivity index (χ4n) is 3.60. The minimum atomic E-state index is -1.05. The zero-order valence-electron chi connectivity index (χ0n) is 13.0. The molecule has 0 saturated carbocycles. The Kier molecular flexibility index (Phi) is 4.49. The van der Waals surface area contributed by atoms with Crippen LogP contribution in [-0.2, 0) is 11.3 Å². The summed E-state index contributed by atoms with van der Waals surface area (Å²) in [5.41, 5.74) is -0.396. The standard InChI is InChI=1S/C17H24ClNO3/c1-16(21)8-11-22-17(15(16)20)6-9-19(10-7-17)12-13-2-4-14(18)5-3-13/h2-5,15,20-21H,6-12H2,1H3/t15?,16-/m1/s1. The van der Waals surface area contributed by atoms with Gasteiger partial charge in [-0.1, -0.05) is 23.7 Å². The number of hydrogen-bond donors (Lipinski definition) is 2. The van der Waals surface area contributed by atoms with Crippen LogP contribution in [0.5, 0.6) is 0 Å². The number of aliphatic hydroxyl groups is 2. The highest BCUT2D eigenvalue weighted by Crippen LogP contribution is 2.39. The van der Waals surface area contributed by atoms with Gasteiger partial charge in [0.1, 0.15) is 6.10 Å². The zero-order valence-corrected chi connectivity index (χ0v) is 13.7. The summed E-state index contributed by atoms with van der Waals surface area (Å²) < 4.78 is 5.91. The molecular formula is C17H24ClNO3. The molecule has 1 aromatic rings. The number of hydrogen-bond acceptors (Lipinski definition) is 4. The lowest BCUT2D eigenvalue weighted by Crippen LogP contribution is -2.64. The van der Waals surface area contributed by atoms with Gasteiger partial charge < -0.3 is 14.9 Å². The molecule has 2 saturated heterocycles. The molecule has 2 N–H and O–H groups in total. The molecule has 0 amide bonds. The molecule has 122 valence electrons. The molecule has 2 heterocycles. The third-order valence-corrected chi connectivity index (χ3v) is 5.36. The van der Waals surface area contributed by atoms with Crippen molar-refractivity contribution in [2.24, 2.45) is 0 Å². The van der Waals surface area contributed by atoms with Gasteiger partial charge in [-0.2, -0.15) is 0 Å². The lowest BCUT2D eigenvalue weighted by molar-refractivity contribution is -0.246. The van der Waals surface area contributed by atoms with Crippen LogP contribution >= 0.6 is 11.6 Å². The first-order chi connectivity index (χ1) is 10.4. The summed E-state index contributed by atoms with van der Waals surface area (Å²) in [4.78, 5) is 2.36. The van der Waals surface area contributed by atoms with Crippen LogP contribution in [0.4, 0.5) is 0 Å². The lowest BCUT2D eigenvalue weighted by Gasteiger charge is -2.51. The maximum atomic E-state index is 10.5. The molecule has 4 nitrogen and oxygen atoms in total. The van der Waals surface area contributed by atoms with E-state index in [1.54, 1.807) is 6.92 Å². The number of nitrogens with zero attached hydrogens (tertiary/aromatic N) is 1. The number of ether oxygens (including phenoxy) is 1. The quantitative estimate of drug-likeness (QED) is 0.875. The van der Waals surface area contributed by atoms with Gasteiger partial charge in [-0.05, 0) is 37.5 Å². The minimum Gasteiger partial charge on any atom is -0.387 e. The van der Waals surface area contributed by atoms with Crippen molar-refractivity contribution >= 4 is 11.6 Å². The third kappa shape index (κ3) is 3.17. The van der Waals surface area contributed by atoms with Gasteiger partial charge in [-0.15, -0.1) is 0 Å². The Hall–Kier alpha value is -0.650. The van der Waals surface area contributed by atoms with Gasteiger partial charge in [0, 0.05) is 31.1 Å². The average Bonchev–Trinajstić information content (AvgIpc) is 2.49. The van der Waals surface area contributed by atoms with Crippen LogP contribution < -0.4 is 0 Å². The molecule has 2 fully saturated rings. The van der Waals surface area contributed by atoms with E-state index in [1.807, 2.05) is 24.3 Å². The zero-order chi connectivity index (χ0) is 15.8. The molecule has 2 aliphatic rings. The summed E-state index contributed by atoms with van der Waals surface area (Å²) in [6.07, 6.45) is 1.17. The molecule has 2 atom stereocenters. The summed E-state index contributed by atoms with van der Waals surface area (Å²) in [6.45, 7) is 4.81. The molecular weight excluding hydrogens is 302 g/mol. The summed E-state index contributed by atoms with van der Waals surface area (Å²) in [7, 11) is 0. The van der Waals surface area contributed by atoms with E-state index in [0.717, 1.165) is 37.5 Å². The van der Waals surface area contributed by atoms with Crippen LogP contribution in [0.3, 0.4) is 0 Å². The van der Waals surface area contributed by atoms with Crippen molar-refractivity contribution in [2.75, 3.05) is 19.7 Å². The fourth-order valence-corrected chi connectivity index (χ4v) is 3.72. The van der Waals surface area contributed by atoms with E-state index in [4.69, 9.17) is 16.3 Å². The second-order valence-corrected chi connectivity index (χ2v) is 7.26. The topological polar surface area (TPSA) is 52.9 Å². The molecule has 0 radical (unpaired) electrons. The van der Waals surface area contributed by atoms with E-state index in [-0.39, 0.29) is 0 Å². The van der Waals surface area contributed by atoms with E-state index in [1.165, 1.54) is 5.56 Å². The SMILES string of the molecule is C[C@@]1(O)CCOC2(CCN(Cc3ccc(Cl)cc3)CC2)C1O. The van der Waals surface area contributed by atoms with E-state index < -0.39 is 17.3 Å². The summed E-state index contributed by atoms with van der Waals surface area (Å²) in [6, 6.07) is 7.91. The van der Waals surface area contributed by atoms with Gasteiger partial charge in [-0.25, -0.2) is 0 Å². The Labute approximate surface area is 136 Å². The predicted octanol–water partition coefficient (Wildman–Crippen LogP) is 2.21. The van der Waals surface area contributed by atoms with Gasteiger partial charge in [0.15, 0.2) is 0 Å². The summed E-state index contributed by atoms with van der Waals surface area (Å²) in [5, 5.41) is 21.6. The molecule has 1 unspecified atom stereocenters. The van der Waals surface area contributed by atoms with Gasteiger partial charge in [0.25, 0.3) is 0 Å². The van der Waals surface area contributed by atoms with Gasteiger partial charge in [0.05, 0.1) is 17.8 Å². The number of halogens is 1. The van der Waals surface area contributed by atoms with Crippen molar-refractivity contribution in [1.82, 2.24) is 4.90 Å². The van der Waals surface area contributed by atoms with Crippen LogP contribution in [0.2, 0.25) is 5.02 Å². The first-order valence-corrected chi connectivity index (χ1v) is 8.30.